The number of aromatic amines is 1. The highest BCUT2D eigenvalue weighted by atomic mass is 16.4. The number of nitrogens with zero attached hydrogens (tertiary/aromatic N) is 1. The minimum absolute atomic E-state index is 0.0562. The van der Waals surface area contributed by atoms with Crippen molar-refractivity contribution in [3.8, 4) is 0 Å². The first-order valence-electron chi connectivity index (χ1n) is 6.08. The van der Waals surface area contributed by atoms with E-state index in [0.29, 0.717) is 17.8 Å². The molecule has 1 aromatic rings. The van der Waals surface area contributed by atoms with E-state index < -0.39 is 11.5 Å². The molecule has 1 aromatic heterocycles. The molecule has 1 unspecified atom stereocenters. The fraction of sp³-hybridized carbons (Fsp3) is 0.462. The first-order chi connectivity index (χ1) is 8.91. The molecule has 1 aliphatic rings. The maximum Gasteiger partial charge on any atom is 0.330 e. The van der Waals surface area contributed by atoms with Crippen LogP contribution in [0.5, 0.6) is 0 Å². The maximum atomic E-state index is 11.5. The summed E-state index contributed by atoms with van der Waals surface area (Å²) in [5.74, 6) is -0.908. The van der Waals surface area contributed by atoms with Gasteiger partial charge in [-0.15, -0.1) is 0 Å². The molecule has 1 saturated carbocycles. The lowest BCUT2D eigenvalue weighted by molar-refractivity contribution is -0.144. The van der Waals surface area contributed by atoms with Crippen LogP contribution in [0.15, 0.2) is 12.3 Å². The number of aliphatic carboxylic acids is 1. The molecule has 1 aliphatic carbocycles. The number of carboxylic acids is 1. The van der Waals surface area contributed by atoms with E-state index in [9.17, 15) is 19.5 Å². The summed E-state index contributed by atoms with van der Waals surface area (Å²) < 4.78 is 0. The molecule has 2 rings (SSSR count). The average Bonchev–Trinajstić information content (AvgIpc) is 3.09. The number of aromatic nitrogens is 1. The number of nitrogens with one attached hydrogen (secondary N) is 1. The molecule has 1 amide bonds. The molecule has 0 radical (unpaired) electrons. The van der Waals surface area contributed by atoms with Crippen LogP contribution in [0.3, 0.4) is 0 Å². The number of hydrogen-bond acceptors (Lipinski definition) is 3. The smallest absolute Gasteiger partial charge is 0.330 e. The Labute approximate surface area is 110 Å². The van der Waals surface area contributed by atoms with Crippen LogP contribution in [-0.4, -0.2) is 33.8 Å². The van der Waals surface area contributed by atoms with E-state index >= 15 is 0 Å². The van der Waals surface area contributed by atoms with Crippen LogP contribution in [0.4, 0.5) is 5.82 Å². The summed E-state index contributed by atoms with van der Waals surface area (Å²) in [6.07, 6.45) is 3.55. The third-order valence-electron chi connectivity index (χ3n) is 3.74. The summed E-state index contributed by atoms with van der Waals surface area (Å²) in [6.45, 7) is 2.95. The Morgan fingerprint density at radius 3 is 2.53 bits per heavy atom. The number of ketones is 1. The Morgan fingerprint density at radius 1 is 1.53 bits per heavy atom. The zero-order valence-electron chi connectivity index (χ0n) is 10.8. The maximum absolute atomic E-state index is 11.5. The van der Waals surface area contributed by atoms with Crippen LogP contribution in [0.25, 0.3) is 0 Å². The molecule has 19 heavy (non-hydrogen) atoms. The normalized spacial score (nSPS) is 17.6. The van der Waals surface area contributed by atoms with Crippen LogP contribution in [-0.2, 0) is 9.59 Å². The molecule has 102 valence electrons. The Hall–Kier alpha value is -2.11. The van der Waals surface area contributed by atoms with Crippen LogP contribution < -0.4 is 4.90 Å². The monoisotopic (exact) mass is 264 g/mol. The lowest BCUT2D eigenvalue weighted by Crippen LogP contribution is -2.54. The van der Waals surface area contributed by atoms with E-state index in [2.05, 4.69) is 4.98 Å². The van der Waals surface area contributed by atoms with Gasteiger partial charge >= 0.3 is 5.97 Å². The third-order valence-corrected chi connectivity index (χ3v) is 3.74. The second-order valence-corrected chi connectivity index (χ2v) is 5.03. The highest BCUT2D eigenvalue weighted by Crippen LogP contribution is 2.44. The van der Waals surface area contributed by atoms with Gasteiger partial charge in [0.1, 0.15) is 11.4 Å². The van der Waals surface area contributed by atoms with Crippen molar-refractivity contribution in [2.45, 2.75) is 32.2 Å². The predicted molar refractivity (Wildman–Crippen MR) is 68.1 cm³/mol. The van der Waals surface area contributed by atoms with Crippen molar-refractivity contribution in [2.24, 2.45) is 5.92 Å². The predicted octanol–water partition coefficient (Wildman–Crippen LogP) is 1.43. The van der Waals surface area contributed by atoms with Gasteiger partial charge in [-0.1, -0.05) is 0 Å². The molecule has 0 bridgehead atoms. The first-order valence-corrected chi connectivity index (χ1v) is 6.08. The van der Waals surface area contributed by atoms with Gasteiger partial charge in [-0.2, -0.15) is 0 Å². The van der Waals surface area contributed by atoms with Crippen molar-refractivity contribution >= 4 is 24.0 Å². The van der Waals surface area contributed by atoms with Gasteiger partial charge in [-0.25, -0.2) is 4.79 Å². The van der Waals surface area contributed by atoms with Crippen LogP contribution in [0.1, 0.15) is 37.0 Å². The fourth-order valence-electron chi connectivity index (χ4n) is 2.26. The molecule has 1 atom stereocenters. The Kier molecular flexibility index (Phi) is 3.18. The van der Waals surface area contributed by atoms with Crippen molar-refractivity contribution < 1.29 is 19.5 Å². The van der Waals surface area contributed by atoms with E-state index in [1.165, 1.54) is 31.0 Å². The number of anilines is 1. The number of carboxylic acid groups (broad SMARTS) is 1. The summed E-state index contributed by atoms with van der Waals surface area (Å²) in [6, 6.07) is 1.50. The van der Waals surface area contributed by atoms with Crippen molar-refractivity contribution in [2.75, 3.05) is 4.90 Å². The van der Waals surface area contributed by atoms with Gasteiger partial charge < -0.3 is 10.1 Å². The first kappa shape index (κ1) is 13.3. The highest BCUT2D eigenvalue weighted by Gasteiger charge is 2.52. The Bertz CT molecular complexity index is 533. The summed E-state index contributed by atoms with van der Waals surface area (Å²) in [5, 5.41) is 9.44. The molecule has 0 saturated heterocycles. The number of amides is 1. The van der Waals surface area contributed by atoms with Crippen LogP contribution >= 0.6 is 0 Å². The van der Waals surface area contributed by atoms with E-state index in [4.69, 9.17) is 0 Å². The van der Waals surface area contributed by atoms with Gasteiger partial charge in [0.15, 0.2) is 5.78 Å². The molecule has 1 fully saturated rings. The SMILES string of the molecule is CC(=O)c1c[nH]c(N(C=O)C(C)(C(=O)O)C2CC2)c1. The number of carbonyl (C=O) groups excluding carboxylic acids is 2. The second-order valence-electron chi connectivity index (χ2n) is 5.03. The lowest BCUT2D eigenvalue weighted by Gasteiger charge is -2.34. The second kappa shape index (κ2) is 4.53. The van der Waals surface area contributed by atoms with Crippen molar-refractivity contribution in [3.05, 3.63) is 17.8 Å². The Balaban J connectivity index is 2.39. The molecular formula is C13H16N2O4. The van der Waals surface area contributed by atoms with E-state index in [-0.39, 0.29) is 11.7 Å². The van der Waals surface area contributed by atoms with Crippen molar-refractivity contribution in [1.82, 2.24) is 4.98 Å². The highest BCUT2D eigenvalue weighted by molar-refractivity contribution is 5.97. The number of hydrogen-bond donors (Lipinski definition) is 2. The number of carbonyl (C=O) groups is 3. The van der Waals surface area contributed by atoms with Gasteiger partial charge in [0.05, 0.1) is 0 Å². The largest absolute Gasteiger partial charge is 0.479 e. The molecule has 0 spiro atoms. The zero-order valence-corrected chi connectivity index (χ0v) is 10.8. The summed E-state index contributed by atoms with van der Waals surface area (Å²) in [7, 11) is 0. The molecule has 1 heterocycles. The quantitative estimate of drug-likeness (QED) is 0.600. The van der Waals surface area contributed by atoms with Gasteiger partial charge in [0.2, 0.25) is 6.41 Å². The number of Topliss-reactive ketones (excluding diaryl/α,β-unsaturated/α-hetero) is 1. The molecule has 0 aromatic carbocycles. The minimum Gasteiger partial charge on any atom is -0.479 e. The van der Waals surface area contributed by atoms with Gasteiger partial charge in [-0.3, -0.25) is 14.5 Å². The number of rotatable bonds is 6. The summed E-state index contributed by atoms with van der Waals surface area (Å²) in [5.41, 5.74) is -0.855. The van der Waals surface area contributed by atoms with Crippen LogP contribution in [0, 0.1) is 5.92 Å². The fourth-order valence-corrected chi connectivity index (χ4v) is 2.26. The third kappa shape index (κ3) is 2.14. The molecular weight excluding hydrogens is 248 g/mol. The van der Waals surface area contributed by atoms with Crippen molar-refractivity contribution in [1.29, 1.82) is 0 Å². The molecule has 6 nitrogen and oxygen atoms in total. The zero-order chi connectivity index (χ0) is 14.2. The van der Waals surface area contributed by atoms with Crippen LogP contribution in [0.2, 0.25) is 0 Å². The Morgan fingerprint density at radius 2 is 2.16 bits per heavy atom. The van der Waals surface area contributed by atoms with E-state index in [1.54, 1.807) is 0 Å². The van der Waals surface area contributed by atoms with E-state index in [1.807, 2.05) is 0 Å². The average molecular weight is 264 g/mol. The minimum atomic E-state index is -1.28. The molecule has 6 heteroatoms. The molecule has 2 N–H and O–H groups in total. The van der Waals surface area contributed by atoms with Gasteiger partial charge in [0.25, 0.3) is 0 Å². The van der Waals surface area contributed by atoms with E-state index in [0.717, 1.165) is 12.8 Å². The summed E-state index contributed by atoms with van der Waals surface area (Å²) >= 11 is 0. The summed E-state index contributed by atoms with van der Waals surface area (Å²) in [4.78, 5) is 38.1. The molecule has 0 aliphatic heterocycles. The standard InChI is InChI=1S/C13H16N2O4/c1-8(17)9-5-11(14-6-9)15(7-16)13(2,12(18)19)10-3-4-10/h5-7,10,14H,3-4H2,1-2H3,(H,18,19). The van der Waals surface area contributed by atoms with Gasteiger partial charge in [-0.05, 0) is 38.7 Å². The number of H-pyrrole nitrogens is 1. The topological polar surface area (TPSA) is 90.5 Å². The lowest BCUT2D eigenvalue weighted by atomic mass is 9.94. The van der Waals surface area contributed by atoms with Crippen molar-refractivity contribution in [3.63, 3.8) is 0 Å². The van der Waals surface area contributed by atoms with Gasteiger partial charge in [0, 0.05) is 11.8 Å².